The zero-order valence-corrected chi connectivity index (χ0v) is 22.3. The molecule has 3 aromatic carbocycles. The molecule has 38 heavy (non-hydrogen) atoms. The van der Waals surface area contributed by atoms with Crippen LogP contribution in [-0.4, -0.2) is 34.1 Å². The first-order valence-electron chi connectivity index (χ1n) is 12.6. The number of aromatic nitrogens is 3. The highest BCUT2D eigenvalue weighted by Crippen LogP contribution is 2.28. The largest absolute Gasteiger partial charge is 0.497 e. The SMILES string of the molecule is COc1ccc(CSc2nc3ccncc3n2Cc2ccc(C(=O)NCC(C)c3ccccc3)cc2)cc1. The smallest absolute Gasteiger partial charge is 0.251 e. The topological polar surface area (TPSA) is 69.0 Å². The third kappa shape index (κ3) is 6.06. The van der Waals surface area contributed by atoms with Gasteiger partial charge < -0.3 is 14.6 Å². The molecule has 5 rings (SSSR count). The van der Waals surface area contributed by atoms with Gasteiger partial charge in [-0.2, -0.15) is 0 Å². The van der Waals surface area contributed by atoms with E-state index in [2.05, 4.69) is 46.1 Å². The molecule has 0 radical (unpaired) electrons. The number of fused-ring (bicyclic) bond motifs is 1. The molecule has 0 aliphatic carbocycles. The number of nitrogens with one attached hydrogen (secondary N) is 1. The monoisotopic (exact) mass is 522 g/mol. The Morgan fingerprint density at radius 1 is 0.974 bits per heavy atom. The quantitative estimate of drug-likeness (QED) is 0.218. The van der Waals surface area contributed by atoms with Gasteiger partial charge in [0.25, 0.3) is 5.91 Å². The number of imidazole rings is 1. The number of amides is 1. The van der Waals surface area contributed by atoms with Gasteiger partial charge in [0.1, 0.15) is 5.75 Å². The predicted molar refractivity (Wildman–Crippen MR) is 153 cm³/mol. The van der Waals surface area contributed by atoms with Gasteiger partial charge in [-0.1, -0.05) is 73.3 Å². The lowest BCUT2D eigenvalue weighted by Crippen LogP contribution is -2.27. The molecule has 1 N–H and O–H groups in total. The number of carbonyl (C=O) groups is 1. The summed E-state index contributed by atoms with van der Waals surface area (Å²) in [4.78, 5) is 21.9. The summed E-state index contributed by atoms with van der Waals surface area (Å²) in [6.07, 6.45) is 3.62. The van der Waals surface area contributed by atoms with Gasteiger partial charge in [0.05, 0.1) is 30.9 Å². The van der Waals surface area contributed by atoms with Crippen molar-refractivity contribution in [3.05, 3.63) is 120 Å². The van der Waals surface area contributed by atoms with Crippen LogP contribution in [0.25, 0.3) is 11.0 Å². The fraction of sp³-hybridized carbons (Fsp3) is 0.194. The fourth-order valence-electron chi connectivity index (χ4n) is 4.27. The number of hydrogen-bond donors (Lipinski definition) is 1. The maximum atomic E-state index is 12.8. The van der Waals surface area contributed by atoms with Crippen LogP contribution in [0.2, 0.25) is 0 Å². The Bertz CT molecular complexity index is 1500. The van der Waals surface area contributed by atoms with E-state index in [9.17, 15) is 4.79 Å². The Balaban J connectivity index is 1.26. The molecule has 0 bridgehead atoms. The van der Waals surface area contributed by atoms with Gasteiger partial charge in [-0.15, -0.1) is 0 Å². The second-order valence-electron chi connectivity index (χ2n) is 9.20. The van der Waals surface area contributed by atoms with Crippen molar-refractivity contribution in [2.24, 2.45) is 0 Å². The molecule has 2 aromatic heterocycles. The van der Waals surface area contributed by atoms with Crippen LogP contribution >= 0.6 is 11.8 Å². The summed E-state index contributed by atoms with van der Waals surface area (Å²) in [5, 5.41) is 3.99. The number of pyridine rings is 1. The van der Waals surface area contributed by atoms with Crippen molar-refractivity contribution in [1.29, 1.82) is 0 Å². The molecule has 0 fully saturated rings. The van der Waals surface area contributed by atoms with E-state index in [0.29, 0.717) is 18.7 Å². The zero-order chi connectivity index (χ0) is 26.3. The number of thioether (sulfide) groups is 1. The van der Waals surface area contributed by atoms with Gasteiger partial charge in [0.15, 0.2) is 5.16 Å². The molecule has 6 nitrogen and oxygen atoms in total. The standard InChI is InChI=1S/C31H30N4O2S/c1-22(25-6-4-3-5-7-25)18-33-30(36)26-12-8-23(9-13-26)20-35-29-19-32-17-16-28(29)34-31(35)38-21-24-10-14-27(37-2)15-11-24/h3-17,19,22H,18,20-21H2,1-2H3,(H,33,36). The van der Waals surface area contributed by atoms with Crippen LogP contribution in [0.3, 0.4) is 0 Å². The van der Waals surface area contributed by atoms with Gasteiger partial charge in [0.2, 0.25) is 0 Å². The summed E-state index contributed by atoms with van der Waals surface area (Å²) in [6.45, 7) is 3.35. The third-order valence-corrected chi connectivity index (χ3v) is 7.58. The molecule has 0 saturated carbocycles. The van der Waals surface area contributed by atoms with Crippen molar-refractivity contribution in [3.8, 4) is 5.75 Å². The van der Waals surface area contributed by atoms with Crippen molar-refractivity contribution in [3.63, 3.8) is 0 Å². The number of methoxy groups -OCH3 is 1. The van der Waals surface area contributed by atoms with Gasteiger partial charge in [0, 0.05) is 24.1 Å². The lowest BCUT2D eigenvalue weighted by molar-refractivity contribution is 0.0951. The van der Waals surface area contributed by atoms with Crippen LogP contribution in [0.1, 0.15) is 39.9 Å². The molecule has 7 heteroatoms. The predicted octanol–water partition coefficient (Wildman–Crippen LogP) is 6.31. The number of nitrogens with zero attached hydrogens (tertiary/aromatic N) is 3. The van der Waals surface area contributed by atoms with E-state index < -0.39 is 0 Å². The Kier molecular flexibility index (Phi) is 8.04. The van der Waals surface area contributed by atoms with E-state index >= 15 is 0 Å². The van der Waals surface area contributed by atoms with Gasteiger partial charge >= 0.3 is 0 Å². The van der Waals surface area contributed by atoms with E-state index in [0.717, 1.165) is 33.3 Å². The van der Waals surface area contributed by atoms with Crippen molar-refractivity contribution in [1.82, 2.24) is 19.9 Å². The highest BCUT2D eigenvalue weighted by atomic mass is 32.2. The van der Waals surface area contributed by atoms with E-state index in [4.69, 9.17) is 9.72 Å². The van der Waals surface area contributed by atoms with Crippen LogP contribution in [0, 0.1) is 0 Å². The highest BCUT2D eigenvalue weighted by Gasteiger charge is 2.14. The minimum Gasteiger partial charge on any atom is -0.497 e. The first-order chi connectivity index (χ1) is 18.6. The Hall–Kier alpha value is -4.10. The summed E-state index contributed by atoms with van der Waals surface area (Å²) in [5.74, 6) is 1.82. The second kappa shape index (κ2) is 12.0. The first-order valence-corrected chi connectivity index (χ1v) is 13.6. The van der Waals surface area contributed by atoms with Gasteiger partial charge in [-0.3, -0.25) is 9.78 Å². The average Bonchev–Trinajstić information content (AvgIpc) is 3.32. The number of ether oxygens (including phenoxy) is 1. The molecule has 0 aliphatic rings. The molecule has 0 aliphatic heterocycles. The summed E-state index contributed by atoms with van der Waals surface area (Å²) in [7, 11) is 1.67. The molecule has 1 amide bonds. The molecule has 1 atom stereocenters. The van der Waals surface area contributed by atoms with E-state index in [1.807, 2.05) is 66.9 Å². The third-order valence-electron chi connectivity index (χ3n) is 6.54. The van der Waals surface area contributed by atoms with E-state index in [-0.39, 0.29) is 11.8 Å². The number of carbonyl (C=O) groups excluding carboxylic acids is 1. The zero-order valence-electron chi connectivity index (χ0n) is 21.5. The van der Waals surface area contributed by atoms with Gasteiger partial charge in [-0.05, 0) is 52.9 Å². The van der Waals surface area contributed by atoms with Crippen molar-refractivity contribution in [2.45, 2.75) is 30.3 Å². The van der Waals surface area contributed by atoms with Crippen LogP contribution in [0.5, 0.6) is 5.75 Å². The summed E-state index contributed by atoms with van der Waals surface area (Å²) >= 11 is 1.69. The van der Waals surface area contributed by atoms with Gasteiger partial charge in [-0.25, -0.2) is 4.98 Å². The Morgan fingerprint density at radius 3 is 2.45 bits per heavy atom. The van der Waals surface area contributed by atoms with Crippen molar-refractivity contribution < 1.29 is 9.53 Å². The lowest BCUT2D eigenvalue weighted by atomic mass is 10.0. The Morgan fingerprint density at radius 2 is 1.71 bits per heavy atom. The maximum Gasteiger partial charge on any atom is 0.251 e. The number of rotatable bonds is 10. The van der Waals surface area contributed by atoms with Crippen molar-refractivity contribution in [2.75, 3.05) is 13.7 Å². The molecular weight excluding hydrogens is 492 g/mol. The minimum absolute atomic E-state index is 0.0626. The van der Waals surface area contributed by atoms with Crippen molar-refractivity contribution >= 4 is 28.7 Å². The molecular formula is C31H30N4O2S. The van der Waals surface area contributed by atoms with E-state index in [1.54, 1.807) is 25.1 Å². The molecule has 5 aromatic rings. The van der Waals surface area contributed by atoms with Crippen LogP contribution in [0.15, 0.2) is 102 Å². The summed E-state index contributed by atoms with van der Waals surface area (Å²) < 4.78 is 7.46. The molecule has 2 heterocycles. The second-order valence-corrected chi connectivity index (χ2v) is 10.1. The average molecular weight is 523 g/mol. The molecule has 192 valence electrons. The van der Waals surface area contributed by atoms with E-state index in [1.165, 1.54) is 11.1 Å². The number of hydrogen-bond acceptors (Lipinski definition) is 5. The fourth-order valence-corrected chi connectivity index (χ4v) is 5.24. The normalized spacial score (nSPS) is 11.8. The summed E-state index contributed by atoms with van der Waals surface area (Å²) in [6, 6.07) is 28.1. The van der Waals surface area contributed by atoms with Crippen LogP contribution < -0.4 is 10.1 Å². The summed E-state index contributed by atoms with van der Waals surface area (Å²) in [5.41, 5.74) is 6.06. The molecule has 0 saturated heterocycles. The first kappa shape index (κ1) is 25.5. The van der Waals surface area contributed by atoms with Crippen LogP contribution in [-0.2, 0) is 12.3 Å². The minimum atomic E-state index is -0.0626. The molecule has 0 spiro atoms. The lowest BCUT2D eigenvalue weighted by Gasteiger charge is -2.13. The highest BCUT2D eigenvalue weighted by molar-refractivity contribution is 7.98. The Labute approximate surface area is 227 Å². The van der Waals surface area contributed by atoms with Crippen LogP contribution in [0.4, 0.5) is 0 Å². The maximum absolute atomic E-state index is 12.8. The molecule has 1 unspecified atom stereocenters. The number of benzene rings is 3.